The Balaban J connectivity index is 1.41. The van der Waals surface area contributed by atoms with Gasteiger partial charge in [-0.25, -0.2) is 0 Å². The summed E-state index contributed by atoms with van der Waals surface area (Å²) in [5.41, 5.74) is 2.57. The minimum atomic E-state index is -0.711. The standard InChI is InChI=1S/C33H44O4/c1-2-3-4-5-6-16-23-34-24-25-35-26-27-36-28-29-37-33(30-17-10-7-11-18-30,31-19-12-8-13-20-31)32-21-14-9-15-22-32/h7-15,17-22H,2-6,16,23-29H2,1H3. The average Bonchev–Trinajstić information content (AvgIpc) is 2.96. The van der Waals surface area contributed by atoms with Crippen LogP contribution in [0, 0.1) is 0 Å². The summed E-state index contributed by atoms with van der Waals surface area (Å²) in [5.74, 6) is 0. The maximum Gasteiger partial charge on any atom is 0.143 e. The summed E-state index contributed by atoms with van der Waals surface area (Å²) in [6.45, 7) is 6.37. The van der Waals surface area contributed by atoms with Crippen LogP contribution in [0.25, 0.3) is 0 Å². The Bertz CT molecular complexity index is 834. The second kappa shape index (κ2) is 17.9. The summed E-state index contributed by atoms with van der Waals surface area (Å²) in [5, 5.41) is 0. The molecule has 0 bridgehead atoms. The van der Waals surface area contributed by atoms with Crippen LogP contribution in [0.4, 0.5) is 0 Å². The monoisotopic (exact) mass is 504 g/mol. The molecule has 0 aliphatic heterocycles. The van der Waals surface area contributed by atoms with E-state index in [1.54, 1.807) is 0 Å². The van der Waals surface area contributed by atoms with Crippen LogP contribution in [0.2, 0.25) is 0 Å². The summed E-state index contributed by atoms with van der Waals surface area (Å²) < 4.78 is 23.9. The van der Waals surface area contributed by atoms with Gasteiger partial charge in [0, 0.05) is 6.61 Å². The first kappa shape index (κ1) is 29.1. The number of hydrogen-bond acceptors (Lipinski definition) is 4. The smallest absolute Gasteiger partial charge is 0.143 e. The van der Waals surface area contributed by atoms with Crippen molar-refractivity contribution in [1.29, 1.82) is 0 Å². The molecule has 0 fully saturated rings. The lowest BCUT2D eigenvalue weighted by molar-refractivity contribution is -0.0369. The molecule has 0 aliphatic rings. The van der Waals surface area contributed by atoms with Gasteiger partial charge in [-0.1, -0.05) is 130 Å². The van der Waals surface area contributed by atoms with E-state index in [1.165, 1.54) is 32.1 Å². The first-order valence-corrected chi connectivity index (χ1v) is 13.9. The normalized spacial score (nSPS) is 11.6. The van der Waals surface area contributed by atoms with Gasteiger partial charge >= 0.3 is 0 Å². The molecule has 0 atom stereocenters. The second-order valence-electron chi connectivity index (χ2n) is 9.23. The van der Waals surface area contributed by atoms with E-state index in [0.29, 0.717) is 39.6 Å². The highest BCUT2D eigenvalue weighted by molar-refractivity contribution is 5.47. The number of unbranched alkanes of at least 4 members (excludes halogenated alkanes) is 5. The summed E-state index contributed by atoms with van der Waals surface area (Å²) in [4.78, 5) is 0. The van der Waals surface area contributed by atoms with E-state index < -0.39 is 5.60 Å². The Kier molecular flexibility index (Phi) is 14.0. The van der Waals surface area contributed by atoms with Crippen molar-refractivity contribution in [3.05, 3.63) is 108 Å². The Morgan fingerprint density at radius 3 is 1.27 bits per heavy atom. The molecule has 0 N–H and O–H groups in total. The topological polar surface area (TPSA) is 36.9 Å². The van der Waals surface area contributed by atoms with Crippen LogP contribution in [0.15, 0.2) is 91.0 Å². The molecule has 3 aromatic rings. The molecular weight excluding hydrogens is 460 g/mol. The van der Waals surface area contributed by atoms with Gasteiger partial charge in [-0.05, 0) is 23.1 Å². The fraction of sp³-hybridized carbons (Fsp3) is 0.455. The molecule has 0 amide bonds. The molecule has 4 nitrogen and oxygen atoms in total. The van der Waals surface area contributed by atoms with E-state index >= 15 is 0 Å². The summed E-state index contributed by atoms with van der Waals surface area (Å²) >= 11 is 0. The SMILES string of the molecule is CCCCCCCCOCCOCCOCCOC(c1ccccc1)(c1ccccc1)c1ccccc1. The summed E-state index contributed by atoms with van der Waals surface area (Å²) in [6, 6.07) is 31.2. The molecule has 0 saturated carbocycles. The van der Waals surface area contributed by atoms with Crippen LogP contribution >= 0.6 is 0 Å². The molecule has 200 valence electrons. The number of ether oxygens (including phenoxy) is 4. The molecule has 0 saturated heterocycles. The fourth-order valence-corrected chi connectivity index (χ4v) is 4.55. The van der Waals surface area contributed by atoms with Crippen LogP contribution in [0.3, 0.4) is 0 Å². The van der Waals surface area contributed by atoms with Crippen LogP contribution in [-0.2, 0) is 24.5 Å². The van der Waals surface area contributed by atoms with Gasteiger partial charge in [0.05, 0.1) is 39.6 Å². The average molecular weight is 505 g/mol. The minimum Gasteiger partial charge on any atom is -0.379 e. The first-order valence-electron chi connectivity index (χ1n) is 13.9. The lowest BCUT2D eigenvalue weighted by atomic mass is 9.80. The van der Waals surface area contributed by atoms with Crippen molar-refractivity contribution in [2.24, 2.45) is 0 Å². The predicted molar refractivity (Wildman–Crippen MR) is 151 cm³/mol. The Morgan fingerprint density at radius 1 is 0.432 bits per heavy atom. The number of benzene rings is 3. The fourth-order valence-electron chi connectivity index (χ4n) is 4.55. The highest BCUT2D eigenvalue weighted by atomic mass is 16.6. The third-order valence-corrected chi connectivity index (χ3v) is 6.47. The van der Waals surface area contributed by atoms with Crippen LogP contribution in [-0.4, -0.2) is 46.2 Å². The molecule has 37 heavy (non-hydrogen) atoms. The van der Waals surface area contributed by atoms with Gasteiger partial charge in [0.2, 0.25) is 0 Å². The van der Waals surface area contributed by atoms with Gasteiger partial charge in [0.25, 0.3) is 0 Å². The van der Waals surface area contributed by atoms with Crippen molar-refractivity contribution in [2.45, 2.75) is 51.0 Å². The quantitative estimate of drug-likeness (QED) is 0.119. The molecule has 0 unspecified atom stereocenters. The van der Waals surface area contributed by atoms with Crippen LogP contribution < -0.4 is 0 Å². The highest BCUT2D eigenvalue weighted by Gasteiger charge is 2.37. The van der Waals surface area contributed by atoms with Gasteiger partial charge in [-0.15, -0.1) is 0 Å². The van der Waals surface area contributed by atoms with E-state index in [-0.39, 0.29) is 0 Å². The molecular formula is C33H44O4. The van der Waals surface area contributed by atoms with Crippen molar-refractivity contribution in [3.63, 3.8) is 0 Å². The Morgan fingerprint density at radius 2 is 0.811 bits per heavy atom. The lowest BCUT2D eigenvalue weighted by Gasteiger charge is -2.36. The van der Waals surface area contributed by atoms with Crippen molar-refractivity contribution in [2.75, 3.05) is 46.2 Å². The van der Waals surface area contributed by atoms with Crippen LogP contribution in [0.5, 0.6) is 0 Å². The minimum absolute atomic E-state index is 0.458. The number of rotatable bonds is 20. The Hall–Kier alpha value is -2.50. The van der Waals surface area contributed by atoms with Crippen molar-refractivity contribution >= 4 is 0 Å². The van der Waals surface area contributed by atoms with Gasteiger partial charge in [0.1, 0.15) is 5.60 Å². The van der Waals surface area contributed by atoms with Crippen molar-refractivity contribution in [1.82, 2.24) is 0 Å². The lowest BCUT2D eigenvalue weighted by Crippen LogP contribution is -2.34. The van der Waals surface area contributed by atoms with E-state index in [0.717, 1.165) is 29.7 Å². The molecule has 0 spiro atoms. The van der Waals surface area contributed by atoms with E-state index in [2.05, 4.69) is 79.7 Å². The molecule has 3 rings (SSSR count). The zero-order chi connectivity index (χ0) is 25.9. The predicted octanol–water partition coefficient (Wildman–Crippen LogP) is 7.41. The zero-order valence-corrected chi connectivity index (χ0v) is 22.5. The largest absolute Gasteiger partial charge is 0.379 e. The first-order chi connectivity index (χ1) is 18.4. The van der Waals surface area contributed by atoms with Crippen molar-refractivity contribution < 1.29 is 18.9 Å². The molecule has 0 heterocycles. The van der Waals surface area contributed by atoms with Crippen LogP contribution in [0.1, 0.15) is 62.1 Å². The summed E-state index contributed by atoms with van der Waals surface area (Å²) in [7, 11) is 0. The molecule has 3 aromatic carbocycles. The van der Waals surface area contributed by atoms with E-state index in [9.17, 15) is 0 Å². The molecule has 0 radical (unpaired) electrons. The number of hydrogen-bond donors (Lipinski definition) is 0. The van der Waals surface area contributed by atoms with Gasteiger partial charge < -0.3 is 18.9 Å². The van der Waals surface area contributed by atoms with E-state index in [4.69, 9.17) is 18.9 Å². The molecule has 0 aromatic heterocycles. The zero-order valence-electron chi connectivity index (χ0n) is 22.5. The second-order valence-corrected chi connectivity index (χ2v) is 9.23. The van der Waals surface area contributed by atoms with Gasteiger partial charge in [-0.2, -0.15) is 0 Å². The van der Waals surface area contributed by atoms with E-state index in [1.807, 2.05) is 18.2 Å². The van der Waals surface area contributed by atoms with Crippen molar-refractivity contribution in [3.8, 4) is 0 Å². The molecule has 0 aliphatic carbocycles. The highest BCUT2D eigenvalue weighted by Crippen LogP contribution is 2.40. The summed E-state index contributed by atoms with van der Waals surface area (Å²) in [6.07, 6.45) is 7.70. The third-order valence-electron chi connectivity index (χ3n) is 6.47. The maximum atomic E-state index is 6.72. The molecule has 4 heteroatoms. The Labute approximate surface area is 223 Å². The maximum absolute atomic E-state index is 6.72. The van der Waals surface area contributed by atoms with Gasteiger partial charge in [0.15, 0.2) is 0 Å². The van der Waals surface area contributed by atoms with Gasteiger partial charge in [-0.3, -0.25) is 0 Å². The third kappa shape index (κ3) is 9.71.